The van der Waals surface area contributed by atoms with Gasteiger partial charge in [-0.1, -0.05) is 17.7 Å². The van der Waals surface area contributed by atoms with E-state index >= 15 is 0 Å². The molecule has 1 heterocycles. The molecule has 0 N–H and O–H groups in total. The largest absolute Gasteiger partial charge is 0.492 e. The number of nitrogens with zero attached hydrogens (tertiary/aromatic N) is 1. The second-order valence-electron chi connectivity index (χ2n) is 5.15. The predicted molar refractivity (Wildman–Crippen MR) is 78.0 cm³/mol. The summed E-state index contributed by atoms with van der Waals surface area (Å²) in [5, 5.41) is 0.713. The molecular formula is C15H22ClNO2. The first-order valence-electron chi connectivity index (χ1n) is 6.88. The summed E-state index contributed by atoms with van der Waals surface area (Å²) in [4.78, 5) is 2.31. The van der Waals surface area contributed by atoms with Crippen LogP contribution in [0.5, 0.6) is 5.75 Å². The summed E-state index contributed by atoms with van der Waals surface area (Å²) < 4.78 is 11.2. The molecule has 1 aromatic rings. The highest BCUT2D eigenvalue weighted by molar-refractivity contribution is 6.30. The summed E-state index contributed by atoms with van der Waals surface area (Å²) in [6, 6.07) is 7.53. The molecule has 0 aliphatic carbocycles. The number of benzene rings is 1. The van der Waals surface area contributed by atoms with Gasteiger partial charge in [0.1, 0.15) is 12.4 Å². The fraction of sp³-hybridized carbons (Fsp3) is 0.600. The molecule has 0 radical (unpaired) electrons. The van der Waals surface area contributed by atoms with E-state index in [0.717, 1.165) is 32.1 Å². The normalized spacial score (nSPS) is 19.6. The predicted octanol–water partition coefficient (Wildman–Crippen LogP) is 3.08. The van der Waals surface area contributed by atoms with E-state index in [1.807, 2.05) is 24.3 Å². The zero-order valence-electron chi connectivity index (χ0n) is 11.5. The molecule has 3 nitrogen and oxygen atoms in total. The van der Waals surface area contributed by atoms with Crippen molar-refractivity contribution in [2.45, 2.75) is 12.8 Å². The van der Waals surface area contributed by atoms with Gasteiger partial charge in [0.15, 0.2) is 0 Å². The molecule has 19 heavy (non-hydrogen) atoms. The molecule has 0 bridgehead atoms. The first-order valence-corrected chi connectivity index (χ1v) is 7.26. The van der Waals surface area contributed by atoms with Crippen molar-refractivity contribution in [3.8, 4) is 5.75 Å². The van der Waals surface area contributed by atoms with Gasteiger partial charge in [0.05, 0.1) is 6.61 Å². The van der Waals surface area contributed by atoms with E-state index in [0.29, 0.717) is 17.5 Å². The van der Waals surface area contributed by atoms with Gasteiger partial charge in [0.25, 0.3) is 0 Å². The van der Waals surface area contributed by atoms with Crippen LogP contribution < -0.4 is 4.74 Å². The Balaban J connectivity index is 1.64. The van der Waals surface area contributed by atoms with Gasteiger partial charge in [-0.2, -0.15) is 0 Å². The van der Waals surface area contributed by atoms with Crippen LogP contribution >= 0.6 is 11.6 Å². The Morgan fingerprint density at radius 3 is 3.11 bits per heavy atom. The van der Waals surface area contributed by atoms with Gasteiger partial charge in [-0.05, 0) is 44.0 Å². The number of likely N-dealkylation sites (N-methyl/N-ethyl adjacent to an activating group) is 1. The maximum atomic E-state index is 5.91. The third-order valence-corrected chi connectivity index (χ3v) is 3.60. The highest BCUT2D eigenvalue weighted by Crippen LogP contribution is 2.17. The Labute approximate surface area is 120 Å². The summed E-state index contributed by atoms with van der Waals surface area (Å²) in [5.74, 6) is 1.51. The van der Waals surface area contributed by atoms with Crippen molar-refractivity contribution in [3.05, 3.63) is 29.3 Å². The average molecular weight is 284 g/mol. The maximum absolute atomic E-state index is 5.91. The van der Waals surface area contributed by atoms with Gasteiger partial charge >= 0.3 is 0 Å². The molecule has 1 fully saturated rings. The van der Waals surface area contributed by atoms with Gasteiger partial charge in [0, 0.05) is 24.7 Å². The van der Waals surface area contributed by atoms with Gasteiger partial charge in [-0.3, -0.25) is 0 Å². The maximum Gasteiger partial charge on any atom is 0.120 e. The number of hydrogen-bond acceptors (Lipinski definition) is 3. The number of rotatable bonds is 6. The van der Waals surface area contributed by atoms with Crippen LogP contribution in [0.1, 0.15) is 12.8 Å². The highest BCUT2D eigenvalue weighted by Gasteiger charge is 2.15. The van der Waals surface area contributed by atoms with E-state index in [2.05, 4.69) is 11.9 Å². The standard InChI is InChI=1S/C15H22ClNO2/c1-17(11-13-4-3-8-18-12-13)7-9-19-15-6-2-5-14(16)10-15/h2,5-6,10,13H,3-4,7-9,11-12H2,1H3. The second kappa shape index (κ2) is 7.73. The lowest BCUT2D eigenvalue weighted by molar-refractivity contribution is 0.0405. The summed E-state index contributed by atoms with van der Waals surface area (Å²) in [5.41, 5.74) is 0. The molecule has 0 amide bonds. The molecular weight excluding hydrogens is 262 g/mol. The molecule has 1 saturated heterocycles. The molecule has 0 spiro atoms. The second-order valence-corrected chi connectivity index (χ2v) is 5.59. The molecule has 1 atom stereocenters. The van der Waals surface area contributed by atoms with E-state index < -0.39 is 0 Å². The summed E-state index contributed by atoms with van der Waals surface area (Å²) in [6.45, 7) is 4.52. The zero-order chi connectivity index (χ0) is 13.5. The van der Waals surface area contributed by atoms with E-state index in [4.69, 9.17) is 21.1 Å². The molecule has 1 unspecified atom stereocenters. The van der Waals surface area contributed by atoms with Gasteiger partial charge < -0.3 is 14.4 Å². The number of halogens is 1. The van der Waals surface area contributed by atoms with Crippen LogP contribution in [0, 0.1) is 5.92 Å². The van der Waals surface area contributed by atoms with Crippen LogP contribution in [0.25, 0.3) is 0 Å². The lowest BCUT2D eigenvalue weighted by atomic mass is 10.0. The van der Waals surface area contributed by atoms with Crippen molar-refractivity contribution in [1.29, 1.82) is 0 Å². The van der Waals surface area contributed by atoms with Crippen molar-refractivity contribution >= 4 is 11.6 Å². The Kier molecular flexibility index (Phi) is 5.95. The molecule has 1 aliphatic heterocycles. The molecule has 4 heteroatoms. The molecule has 2 rings (SSSR count). The molecule has 106 valence electrons. The monoisotopic (exact) mass is 283 g/mol. The Bertz CT molecular complexity index is 380. The van der Waals surface area contributed by atoms with Crippen molar-refractivity contribution in [2.24, 2.45) is 5.92 Å². The minimum Gasteiger partial charge on any atom is -0.492 e. The van der Waals surface area contributed by atoms with Crippen LogP contribution in [0.3, 0.4) is 0 Å². The third-order valence-electron chi connectivity index (χ3n) is 3.36. The first kappa shape index (κ1) is 14.6. The van der Waals surface area contributed by atoms with Crippen LogP contribution in [0.15, 0.2) is 24.3 Å². The van der Waals surface area contributed by atoms with Crippen LogP contribution in [0.4, 0.5) is 0 Å². The fourth-order valence-corrected chi connectivity index (χ4v) is 2.54. The Morgan fingerprint density at radius 2 is 2.37 bits per heavy atom. The minimum absolute atomic E-state index is 0.671. The lowest BCUT2D eigenvalue weighted by Crippen LogP contribution is -2.33. The quantitative estimate of drug-likeness (QED) is 0.801. The van der Waals surface area contributed by atoms with Crippen molar-refractivity contribution in [2.75, 3.05) is 40.0 Å². The Morgan fingerprint density at radius 1 is 1.47 bits per heavy atom. The Hall–Kier alpha value is -0.770. The smallest absolute Gasteiger partial charge is 0.120 e. The molecule has 0 saturated carbocycles. The van der Waals surface area contributed by atoms with Crippen LogP contribution in [0.2, 0.25) is 5.02 Å². The van der Waals surface area contributed by atoms with Crippen LogP contribution in [-0.2, 0) is 4.74 Å². The third kappa shape index (κ3) is 5.39. The van der Waals surface area contributed by atoms with Crippen LogP contribution in [-0.4, -0.2) is 44.9 Å². The SMILES string of the molecule is CN(CCOc1cccc(Cl)c1)CC1CCCOC1. The van der Waals surface area contributed by atoms with Crippen molar-refractivity contribution in [3.63, 3.8) is 0 Å². The summed E-state index contributed by atoms with van der Waals surface area (Å²) in [7, 11) is 2.13. The van der Waals surface area contributed by atoms with E-state index in [9.17, 15) is 0 Å². The van der Waals surface area contributed by atoms with Gasteiger partial charge in [0.2, 0.25) is 0 Å². The topological polar surface area (TPSA) is 21.7 Å². The fourth-order valence-electron chi connectivity index (χ4n) is 2.36. The van der Waals surface area contributed by atoms with Gasteiger partial charge in [-0.25, -0.2) is 0 Å². The molecule has 0 aromatic heterocycles. The highest BCUT2D eigenvalue weighted by atomic mass is 35.5. The lowest BCUT2D eigenvalue weighted by Gasteiger charge is -2.27. The van der Waals surface area contributed by atoms with Crippen molar-refractivity contribution in [1.82, 2.24) is 4.90 Å². The number of hydrogen-bond donors (Lipinski definition) is 0. The number of ether oxygens (including phenoxy) is 2. The molecule has 1 aromatic carbocycles. The summed E-state index contributed by atoms with van der Waals surface area (Å²) in [6.07, 6.45) is 2.47. The first-order chi connectivity index (χ1) is 9.24. The average Bonchev–Trinajstić information content (AvgIpc) is 2.40. The summed E-state index contributed by atoms with van der Waals surface area (Å²) >= 11 is 5.91. The van der Waals surface area contributed by atoms with E-state index in [1.54, 1.807) is 0 Å². The van der Waals surface area contributed by atoms with Crippen molar-refractivity contribution < 1.29 is 9.47 Å². The van der Waals surface area contributed by atoms with E-state index in [1.165, 1.54) is 12.8 Å². The van der Waals surface area contributed by atoms with E-state index in [-0.39, 0.29) is 0 Å². The zero-order valence-corrected chi connectivity index (χ0v) is 12.2. The van der Waals surface area contributed by atoms with Gasteiger partial charge in [-0.15, -0.1) is 0 Å². The molecule has 1 aliphatic rings. The minimum atomic E-state index is 0.671.